The molecule has 276 valence electrons. The summed E-state index contributed by atoms with van der Waals surface area (Å²) in [5, 5.41) is 1.40. The van der Waals surface area contributed by atoms with Gasteiger partial charge in [0.15, 0.2) is 23.4 Å². The lowest BCUT2D eigenvalue weighted by Crippen LogP contribution is -2.37. The summed E-state index contributed by atoms with van der Waals surface area (Å²) >= 11 is 25.3. The Kier molecular flexibility index (Phi) is 14.2. The molecule has 3 heterocycles. The van der Waals surface area contributed by atoms with Crippen molar-refractivity contribution in [2.24, 2.45) is 0 Å². The van der Waals surface area contributed by atoms with E-state index in [1.54, 1.807) is 24.3 Å². The number of hydrogen-bond donors (Lipinski definition) is 0. The van der Waals surface area contributed by atoms with Crippen LogP contribution in [0.2, 0.25) is 20.1 Å². The van der Waals surface area contributed by atoms with Crippen molar-refractivity contribution < 1.29 is 35.1 Å². The number of fused-ring (bicyclic) bond motifs is 2. The Labute approximate surface area is 319 Å². The number of halogens is 4. The van der Waals surface area contributed by atoms with Crippen molar-refractivity contribution >= 4 is 95.1 Å². The standard InChI is InChI=1S/C27H30Cl4N4O6S2.C7H10N/c1-3-32-22-14-18(28)20(30)16-24(22)34(10-6-12-42(36,37)38)26(32)8-5-9-27-33(4-2)23-15-19(29)21(31)17-25(23)35(27)11-7-13-43(39,40)41;1-2-8-6-4-3-5-7-8/h5,8-9,14-17H,3-4,6-7,10-13H2,1-2H3,(H-,36,37,38,39,40,41);3-7H,2H2,1H3/q;+1/p-1. The van der Waals surface area contributed by atoms with E-state index in [2.05, 4.69) is 23.9 Å². The summed E-state index contributed by atoms with van der Waals surface area (Å²) in [4.78, 5) is 3.88. The Balaban J connectivity index is 0.000000641. The molecule has 0 radical (unpaired) electrons. The highest BCUT2D eigenvalue weighted by Gasteiger charge is 2.31. The lowest BCUT2D eigenvalue weighted by Gasteiger charge is -2.24. The van der Waals surface area contributed by atoms with Crippen molar-refractivity contribution in [3.8, 4) is 0 Å². The van der Waals surface area contributed by atoms with E-state index < -0.39 is 31.7 Å². The maximum atomic E-state index is 11.3. The molecule has 0 fully saturated rings. The van der Waals surface area contributed by atoms with Crippen LogP contribution in [0.1, 0.15) is 39.4 Å². The Bertz CT molecular complexity index is 2140. The number of pyridine rings is 1. The number of imidazole rings is 1. The third kappa shape index (κ3) is 10.6. The van der Waals surface area contributed by atoms with Crippen molar-refractivity contribution in [2.45, 2.75) is 53.2 Å². The van der Waals surface area contributed by atoms with Gasteiger partial charge in [-0.3, -0.25) is 0 Å². The normalized spacial score (nSPS) is 14.1. The lowest BCUT2D eigenvalue weighted by atomic mass is 10.2. The molecule has 1 aliphatic rings. The minimum atomic E-state index is -4.40. The molecule has 4 aromatic rings. The van der Waals surface area contributed by atoms with Crippen LogP contribution in [0.4, 0.5) is 11.4 Å². The van der Waals surface area contributed by atoms with Gasteiger partial charge in [-0.15, -0.1) is 0 Å². The SMILES string of the molecule is CCN1C(=CC=Cc2n(CC)c3cc(Cl)c(Cl)cc3[n+]2CCCS(=O)(=O)[O-])N(CCCS(=O)(=O)[O-])c2cc(Cl)c(Cl)cc21.CC[n+]1ccccc1. The van der Waals surface area contributed by atoms with Crippen LogP contribution in [0.5, 0.6) is 0 Å². The van der Waals surface area contributed by atoms with E-state index in [9.17, 15) is 25.9 Å². The first-order valence-electron chi connectivity index (χ1n) is 16.2. The van der Waals surface area contributed by atoms with Gasteiger partial charge in [-0.2, -0.15) is 0 Å². The van der Waals surface area contributed by atoms with Crippen molar-refractivity contribution in [1.29, 1.82) is 0 Å². The van der Waals surface area contributed by atoms with Crippen LogP contribution in [0, 0.1) is 0 Å². The zero-order valence-electron chi connectivity index (χ0n) is 28.3. The number of nitrogens with zero attached hydrogens (tertiary/aromatic N) is 5. The van der Waals surface area contributed by atoms with E-state index in [1.165, 1.54) is 0 Å². The smallest absolute Gasteiger partial charge is 0.282 e. The summed E-state index contributed by atoms with van der Waals surface area (Å²) in [6.45, 7) is 8.66. The van der Waals surface area contributed by atoms with Crippen LogP contribution in [0.15, 0.2) is 72.8 Å². The Morgan fingerprint density at radius 3 is 1.86 bits per heavy atom. The quantitative estimate of drug-likeness (QED) is 0.109. The highest BCUT2D eigenvalue weighted by molar-refractivity contribution is 7.85. The average molecular weight is 820 g/mol. The number of hydrogen-bond acceptors (Lipinski definition) is 8. The number of aromatic nitrogens is 3. The lowest BCUT2D eigenvalue weighted by molar-refractivity contribution is -0.693. The van der Waals surface area contributed by atoms with Crippen LogP contribution in [-0.2, 0) is 39.9 Å². The Hall–Kier alpha value is -2.88. The monoisotopic (exact) mass is 817 g/mol. The first-order chi connectivity index (χ1) is 24.1. The molecular formula is C34H39Cl4N5O6S2. The van der Waals surface area contributed by atoms with E-state index in [1.807, 2.05) is 69.2 Å². The first kappa shape index (κ1) is 40.9. The second-order valence-electron chi connectivity index (χ2n) is 11.5. The molecule has 0 saturated carbocycles. The summed E-state index contributed by atoms with van der Waals surface area (Å²) in [6, 6.07) is 13.0. The van der Waals surface area contributed by atoms with Crippen LogP contribution in [0.3, 0.4) is 0 Å². The molecule has 0 unspecified atom stereocenters. The summed E-state index contributed by atoms with van der Waals surface area (Å²) in [7, 11) is -8.80. The average Bonchev–Trinajstić information content (AvgIpc) is 3.50. The van der Waals surface area contributed by atoms with E-state index in [0.717, 1.165) is 29.0 Å². The largest absolute Gasteiger partial charge is 0.748 e. The molecule has 51 heavy (non-hydrogen) atoms. The van der Waals surface area contributed by atoms with Gasteiger partial charge in [0, 0.05) is 54.9 Å². The molecule has 1 aliphatic heterocycles. The van der Waals surface area contributed by atoms with Gasteiger partial charge in [-0.25, -0.2) is 30.5 Å². The van der Waals surface area contributed by atoms with Crippen molar-refractivity contribution in [3.63, 3.8) is 0 Å². The number of allylic oxidation sites excluding steroid dienone is 2. The molecule has 5 rings (SSSR count). The van der Waals surface area contributed by atoms with Crippen LogP contribution < -0.4 is 18.9 Å². The molecule has 2 aromatic carbocycles. The van der Waals surface area contributed by atoms with Gasteiger partial charge in [0.25, 0.3) is 5.82 Å². The van der Waals surface area contributed by atoms with Crippen molar-refractivity contribution in [1.82, 2.24) is 4.57 Å². The molecule has 2 aromatic heterocycles. The summed E-state index contributed by atoms with van der Waals surface area (Å²) < 4.78 is 73.8. The highest BCUT2D eigenvalue weighted by atomic mass is 35.5. The van der Waals surface area contributed by atoms with Gasteiger partial charge in [-0.05, 0) is 51.8 Å². The summed E-state index contributed by atoms with van der Waals surface area (Å²) in [5.74, 6) is 0.390. The minimum Gasteiger partial charge on any atom is -0.748 e. The zero-order chi connectivity index (χ0) is 37.5. The molecule has 0 saturated heterocycles. The predicted octanol–water partition coefficient (Wildman–Crippen LogP) is 6.63. The number of rotatable bonds is 13. The molecule has 0 spiro atoms. The summed E-state index contributed by atoms with van der Waals surface area (Å²) in [6.07, 6.45) is 9.81. The van der Waals surface area contributed by atoms with Crippen LogP contribution in [0.25, 0.3) is 17.1 Å². The second-order valence-corrected chi connectivity index (χ2v) is 16.2. The van der Waals surface area contributed by atoms with E-state index >= 15 is 0 Å². The molecule has 0 bridgehead atoms. The Morgan fingerprint density at radius 1 is 0.745 bits per heavy atom. The van der Waals surface area contributed by atoms with Crippen LogP contribution in [-0.4, -0.2) is 55.1 Å². The van der Waals surface area contributed by atoms with Gasteiger partial charge < -0.3 is 18.9 Å². The maximum absolute atomic E-state index is 11.3. The Morgan fingerprint density at radius 2 is 1.31 bits per heavy atom. The molecular weight excluding hydrogens is 780 g/mol. The van der Waals surface area contributed by atoms with Gasteiger partial charge >= 0.3 is 0 Å². The van der Waals surface area contributed by atoms with E-state index in [-0.39, 0.29) is 25.9 Å². The van der Waals surface area contributed by atoms with Crippen LogP contribution >= 0.6 is 46.4 Å². The molecule has 0 atom stereocenters. The highest BCUT2D eigenvalue weighted by Crippen LogP contribution is 2.45. The van der Waals surface area contributed by atoms with Crippen molar-refractivity contribution in [3.05, 3.63) is 98.7 Å². The zero-order valence-corrected chi connectivity index (χ0v) is 33.0. The van der Waals surface area contributed by atoms with Gasteiger partial charge in [0.05, 0.1) is 64.8 Å². The van der Waals surface area contributed by atoms with E-state index in [4.69, 9.17) is 46.4 Å². The van der Waals surface area contributed by atoms with E-state index in [0.29, 0.717) is 44.8 Å². The summed E-state index contributed by atoms with van der Waals surface area (Å²) in [5.41, 5.74) is 3.00. The molecule has 0 N–H and O–H groups in total. The third-order valence-corrected chi connectivity index (χ3v) is 11.1. The maximum Gasteiger partial charge on any atom is 0.282 e. The van der Waals surface area contributed by atoms with Gasteiger partial charge in [0.1, 0.15) is 12.4 Å². The molecule has 11 nitrogen and oxygen atoms in total. The fourth-order valence-electron chi connectivity index (χ4n) is 5.86. The fraction of sp³-hybridized carbons (Fsp3) is 0.353. The minimum absolute atomic E-state index is 0.0956. The van der Waals surface area contributed by atoms with Crippen molar-refractivity contribution in [2.75, 3.05) is 34.4 Å². The number of anilines is 2. The van der Waals surface area contributed by atoms with Gasteiger partial charge in [-0.1, -0.05) is 58.5 Å². The number of aryl methyl sites for hydroxylation is 3. The molecule has 0 amide bonds. The number of benzene rings is 2. The predicted molar refractivity (Wildman–Crippen MR) is 202 cm³/mol. The first-order valence-corrected chi connectivity index (χ1v) is 20.9. The van der Waals surface area contributed by atoms with Gasteiger partial charge in [0.2, 0.25) is 0 Å². The fourth-order valence-corrected chi connectivity index (χ4v) is 7.46. The molecule has 0 aliphatic carbocycles. The molecule has 17 heteroatoms. The third-order valence-electron chi connectivity index (χ3n) is 8.12. The second kappa shape index (κ2) is 17.8. The topological polar surface area (TPSA) is 134 Å².